The molecule has 2 amide bonds. The van der Waals surface area contributed by atoms with Crippen LogP contribution in [0, 0.1) is 5.92 Å². The highest BCUT2D eigenvalue weighted by Crippen LogP contribution is 2.21. The van der Waals surface area contributed by atoms with Gasteiger partial charge in [-0.1, -0.05) is 0 Å². The van der Waals surface area contributed by atoms with E-state index in [1.165, 1.54) is 11.2 Å². The molecule has 7 heteroatoms. The number of nitrogens with zero attached hydrogens (tertiary/aromatic N) is 2. The first-order chi connectivity index (χ1) is 10.6. The molecule has 2 N–H and O–H groups in total. The van der Waals surface area contributed by atoms with Gasteiger partial charge in [0, 0.05) is 24.3 Å². The molecule has 1 atom stereocenters. The van der Waals surface area contributed by atoms with E-state index in [0.717, 1.165) is 5.56 Å². The number of carbonyl (C=O) groups is 2. The number of aromatic nitrogens is 1. The molecule has 1 aliphatic rings. The molecule has 1 saturated heterocycles. The van der Waals surface area contributed by atoms with Gasteiger partial charge in [0.15, 0.2) is 0 Å². The Bertz CT molecular complexity index is 667. The van der Waals surface area contributed by atoms with E-state index in [9.17, 15) is 9.59 Å². The number of urea groups is 1. The number of benzene rings is 1. The molecular weight excluding hydrogens is 286 g/mol. The van der Waals surface area contributed by atoms with Gasteiger partial charge in [0.25, 0.3) is 0 Å². The monoisotopic (exact) mass is 301 g/mol. The van der Waals surface area contributed by atoms with Gasteiger partial charge in [0.2, 0.25) is 5.89 Å². The third-order valence-corrected chi connectivity index (χ3v) is 3.64. The van der Waals surface area contributed by atoms with Crippen molar-refractivity contribution in [3.8, 4) is 11.5 Å². The van der Waals surface area contributed by atoms with Gasteiger partial charge in [-0.25, -0.2) is 9.78 Å². The van der Waals surface area contributed by atoms with Crippen molar-refractivity contribution in [2.45, 2.75) is 6.42 Å². The summed E-state index contributed by atoms with van der Waals surface area (Å²) in [6, 6.07) is 6.81. The number of amides is 2. The van der Waals surface area contributed by atoms with Gasteiger partial charge in [-0.2, -0.15) is 0 Å². The van der Waals surface area contributed by atoms with Crippen molar-refractivity contribution in [1.29, 1.82) is 0 Å². The first-order valence-electron chi connectivity index (χ1n) is 6.92. The number of likely N-dealkylation sites (tertiary alicyclic amines) is 1. The molecule has 1 aromatic heterocycles. The molecule has 0 saturated carbocycles. The summed E-state index contributed by atoms with van der Waals surface area (Å²) in [5.41, 5.74) is 1.45. The number of oxazole rings is 1. The fourth-order valence-corrected chi connectivity index (χ4v) is 2.41. The first kappa shape index (κ1) is 14.1. The molecule has 3 rings (SSSR count). The largest absolute Gasteiger partial charge is 0.481 e. The summed E-state index contributed by atoms with van der Waals surface area (Å²) >= 11 is 0. The topological polar surface area (TPSA) is 95.7 Å². The maximum atomic E-state index is 12.1. The number of rotatable bonds is 3. The third-order valence-electron chi connectivity index (χ3n) is 3.64. The van der Waals surface area contributed by atoms with Gasteiger partial charge in [0.05, 0.1) is 12.1 Å². The number of carboxylic acids is 1. The summed E-state index contributed by atoms with van der Waals surface area (Å²) < 4.78 is 5.19. The van der Waals surface area contributed by atoms with Gasteiger partial charge in [-0.05, 0) is 30.7 Å². The van der Waals surface area contributed by atoms with Crippen molar-refractivity contribution in [2.75, 3.05) is 18.4 Å². The van der Waals surface area contributed by atoms with Crippen LogP contribution in [0.2, 0.25) is 0 Å². The van der Waals surface area contributed by atoms with Crippen LogP contribution in [0.3, 0.4) is 0 Å². The lowest BCUT2D eigenvalue weighted by molar-refractivity contribution is -0.141. The van der Waals surface area contributed by atoms with Crippen LogP contribution >= 0.6 is 0 Å². The standard InChI is InChI=1S/C15H15N3O4/c19-14(20)11-5-7-18(9-11)15(21)17-12-3-1-10(2-4-12)13-16-6-8-22-13/h1-4,6,8,11H,5,7,9H2,(H,17,21)(H,19,20). The van der Waals surface area contributed by atoms with Gasteiger partial charge < -0.3 is 19.7 Å². The van der Waals surface area contributed by atoms with Crippen LogP contribution in [0.5, 0.6) is 0 Å². The molecule has 1 fully saturated rings. The van der Waals surface area contributed by atoms with Crippen LogP contribution in [0.15, 0.2) is 41.1 Å². The van der Waals surface area contributed by atoms with Crippen molar-refractivity contribution in [3.05, 3.63) is 36.7 Å². The summed E-state index contributed by atoms with van der Waals surface area (Å²) in [7, 11) is 0. The fraction of sp³-hybridized carbons (Fsp3) is 0.267. The van der Waals surface area contributed by atoms with Gasteiger partial charge in [0.1, 0.15) is 6.26 Å². The predicted octanol–water partition coefficient (Wildman–Crippen LogP) is 2.28. The maximum Gasteiger partial charge on any atom is 0.321 e. The molecule has 1 unspecified atom stereocenters. The van der Waals surface area contributed by atoms with E-state index in [1.807, 2.05) is 0 Å². The minimum Gasteiger partial charge on any atom is -0.481 e. The van der Waals surface area contributed by atoms with E-state index in [1.54, 1.807) is 30.5 Å². The van der Waals surface area contributed by atoms with E-state index in [-0.39, 0.29) is 12.6 Å². The minimum atomic E-state index is -0.856. The van der Waals surface area contributed by atoms with Crippen LogP contribution in [0.1, 0.15) is 6.42 Å². The van der Waals surface area contributed by atoms with Crippen LogP contribution in [-0.2, 0) is 4.79 Å². The van der Waals surface area contributed by atoms with Crippen LogP contribution < -0.4 is 5.32 Å². The average Bonchev–Trinajstić information content (AvgIpc) is 3.20. The molecule has 0 aliphatic carbocycles. The molecule has 114 valence electrons. The van der Waals surface area contributed by atoms with Crippen molar-refractivity contribution in [1.82, 2.24) is 9.88 Å². The smallest absolute Gasteiger partial charge is 0.321 e. The number of anilines is 1. The normalized spacial score (nSPS) is 17.5. The van der Waals surface area contributed by atoms with Crippen LogP contribution in [0.4, 0.5) is 10.5 Å². The summed E-state index contributed by atoms with van der Waals surface area (Å²) in [6.07, 6.45) is 3.56. The summed E-state index contributed by atoms with van der Waals surface area (Å²) in [4.78, 5) is 28.6. The lowest BCUT2D eigenvalue weighted by atomic mass is 10.1. The second kappa shape index (κ2) is 5.88. The van der Waals surface area contributed by atoms with E-state index in [0.29, 0.717) is 24.5 Å². The van der Waals surface area contributed by atoms with E-state index >= 15 is 0 Å². The quantitative estimate of drug-likeness (QED) is 0.906. The highest BCUT2D eigenvalue weighted by atomic mass is 16.4. The molecule has 0 spiro atoms. The van der Waals surface area contributed by atoms with Gasteiger partial charge in [-0.3, -0.25) is 4.79 Å². The molecule has 0 bridgehead atoms. The van der Waals surface area contributed by atoms with Crippen LogP contribution in [-0.4, -0.2) is 40.1 Å². The zero-order valence-electron chi connectivity index (χ0n) is 11.7. The number of nitrogens with one attached hydrogen (secondary N) is 1. The van der Waals surface area contributed by atoms with E-state index < -0.39 is 11.9 Å². The maximum absolute atomic E-state index is 12.1. The van der Waals surface area contributed by atoms with Crippen molar-refractivity contribution < 1.29 is 19.1 Å². The minimum absolute atomic E-state index is 0.246. The number of carbonyl (C=O) groups excluding carboxylic acids is 1. The lowest BCUT2D eigenvalue weighted by Crippen LogP contribution is -2.33. The Hall–Kier alpha value is -2.83. The Morgan fingerprint density at radius 2 is 2.09 bits per heavy atom. The molecule has 0 radical (unpaired) electrons. The number of aliphatic carboxylic acids is 1. The Labute approximate surface area is 126 Å². The zero-order chi connectivity index (χ0) is 15.5. The lowest BCUT2D eigenvalue weighted by Gasteiger charge is -2.16. The second-order valence-electron chi connectivity index (χ2n) is 5.11. The molecule has 22 heavy (non-hydrogen) atoms. The molecule has 1 aromatic carbocycles. The van der Waals surface area contributed by atoms with E-state index in [4.69, 9.17) is 9.52 Å². The van der Waals surface area contributed by atoms with Crippen molar-refractivity contribution >= 4 is 17.7 Å². The number of hydrogen-bond acceptors (Lipinski definition) is 4. The predicted molar refractivity (Wildman–Crippen MR) is 78.3 cm³/mol. The van der Waals surface area contributed by atoms with E-state index in [2.05, 4.69) is 10.3 Å². The average molecular weight is 301 g/mol. The highest BCUT2D eigenvalue weighted by Gasteiger charge is 2.30. The zero-order valence-corrected chi connectivity index (χ0v) is 11.7. The SMILES string of the molecule is O=C(O)C1CCN(C(=O)Nc2ccc(-c3ncco3)cc2)C1. The van der Waals surface area contributed by atoms with Gasteiger partial charge in [-0.15, -0.1) is 0 Å². The molecule has 2 heterocycles. The number of hydrogen-bond donors (Lipinski definition) is 2. The molecule has 7 nitrogen and oxygen atoms in total. The van der Waals surface area contributed by atoms with Gasteiger partial charge >= 0.3 is 12.0 Å². The molecule has 2 aromatic rings. The fourth-order valence-electron chi connectivity index (χ4n) is 2.41. The van der Waals surface area contributed by atoms with Crippen LogP contribution in [0.25, 0.3) is 11.5 Å². The Kier molecular flexibility index (Phi) is 3.78. The molecular formula is C15H15N3O4. The first-order valence-corrected chi connectivity index (χ1v) is 6.92. The Morgan fingerprint density at radius 3 is 2.68 bits per heavy atom. The Morgan fingerprint density at radius 1 is 1.32 bits per heavy atom. The summed E-state index contributed by atoms with van der Waals surface area (Å²) in [5, 5.41) is 11.7. The summed E-state index contributed by atoms with van der Waals surface area (Å²) in [6.45, 7) is 0.701. The number of carboxylic acid groups (broad SMARTS) is 1. The van der Waals surface area contributed by atoms with Crippen molar-refractivity contribution in [2.24, 2.45) is 5.92 Å². The third kappa shape index (κ3) is 2.93. The van der Waals surface area contributed by atoms with Crippen molar-refractivity contribution in [3.63, 3.8) is 0 Å². The highest BCUT2D eigenvalue weighted by molar-refractivity contribution is 5.90. The Balaban J connectivity index is 1.61. The summed E-state index contributed by atoms with van der Waals surface area (Å²) in [5.74, 6) is -0.814. The second-order valence-corrected chi connectivity index (χ2v) is 5.11. The molecule has 1 aliphatic heterocycles.